The number of hydrogen-bond acceptors (Lipinski definition) is 1. The molecule has 0 radical (unpaired) electrons. The van der Waals surface area contributed by atoms with Gasteiger partial charge in [0, 0.05) is 7.59 Å². The van der Waals surface area contributed by atoms with E-state index in [1.54, 1.807) is 0 Å². The van der Waals surface area contributed by atoms with Gasteiger partial charge < -0.3 is 4.23 Å². The lowest BCUT2D eigenvalue weighted by molar-refractivity contribution is 0.811. The normalized spacial score (nSPS) is 15.3. The molecule has 0 heterocycles. The van der Waals surface area contributed by atoms with Crippen LogP contribution in [0.2, 0.25) is 39.3 Å². The van der Waals surface area contributed by atoms with Crippen LogP contribution in [0.4, 0.5) is 0 Å². The quantitative estimate of drug-likeness (QED) is 0.634. The minimum Gasteiger partial charge on any atom is -0.355 e. The largest absolute Gasteiger partial charge is 0.355 e. The zero-order valence-corrected chi connectivity index (χ0v) is 12.6. The number of rotatable bonds is 3. The summed E-state index contributed by atoms with van der Waals surface area (Å²) in [6, 6.07) is 0. The molecule has 0 spiro atoms. The Morgan fingerprint density at radius 2 is 1.27 bits per heavy atom. The highest BCUT2D eigenvalue weighted by atomic mass is 29.2. The summed E-state index contributed by atoms with van der Waals surface area (Å²) >= 11 is 0. The van der Waals surface area contributed by atoms with E-state index in [-0.39, 0.29) is 9.20 Å². The maximum absolute atomic E-state index is 2.74. The summed E-state index contributed by atoms with van der Waals surface area (Å²) in [5.74, 6) is 0. The molecule has 4 heteroatoms. The van der Waals surface area contributed by atoms with E-state index < -0.39 is 15.8 Å². The Labute approximate surface area is 76.0 Å². The first-order valence-electron chi connectivity index (χ1n) is 4.34. The summed E-state index contributed by atoms with van der Waals surface area (Å²) in [4.78, 5) is 0. The smallest absolute Gasteiger partial charge is 0.111 e. The molecule has 0 aliphatic heterocycles. The van der Waals surface area contributed by atoms with Gasteiger partial charge in [-0.3, -0.25) is 0 Å². The molecule has 0 bridgehead atoms. The van der Waals surface area contributed by atoms with E-state index in [1.807, 2.05) is 0 Å². The third-order valence-electron chi connectivity index (χ3n) is 1.86. The molecular weight excluding hydrogens is 182 g/mol. The Morgan fingerprint density at radius 1 is 0.909 bits per heavy atom. The fourth-order valence-electron chi connectivity index (χ4n) is 0.949. The Hall–Kier alpha value is 0.611. The molecule has 0 rings (SSSR count). The fraction of sp³-hybridized carbons (Fsp3) is 1.00. The van der Waals surface area contributed by atoms with Gasteiger partial charge in [0.15, 0.2) is 0 Å². The molecular formula is C7H23NSi3. The molecule has 0 aromatic heterocycles. The van der Waals surface area contributed by atoms with Gasteiger partial charge >= 0.3 is 0 Å². The topological polar surface area (TPSA) is 3.24 Å². The lowest BCUT2D eigenvalue weighted by Crippen LogP contribution is -2.53. The zero-order chi connectivity index (χ0) is 9.28. The van der Waals surface area contributed by atoms with E-state index in [9.17, 15) is 0 Å². The molecule has 0 fully saturated rings. The first-order chi connectivity index (χ1) is 4.63. The van der Waals surface area contributed by atoms with Crippen LogP contribution in [0.25, 0.3) is 0 Å². The molecule has 0 saturated carbocycles. The number of nitrogens with zero attached hydrogens (tertiary/aromatic N) is 1. The van der Waals surface area contributed by atoms with E-state index in [4.69, 9.17) is 0 Å². The van der Waals surface area contributed by atoms with E-state index in [2.05, 4.69) is 50.6 Å². The maximum atomic E-state index is 2.74. The number of hydrogen-bond donors (Lipinski definition) is 0. The van der Waals surface area contributed by atoms with Crippen molar-refractivity contribution < 1.29 is 0 Å². The van der Waals surface area contributed by atoms with Crippen LogP contribution in [-0.4, -0.2) is 36.3 Å². The second kappa shape index (κ2) is 3.55. The van der Waals surface area contributed by atoms with Crippen molar-refractivity contribution in [2.24, 2.45) is 0 Å². The lowest BCUT2D eigenvalue weighted by Gasteiger charge is -2.34. The molecule has 0 amide bonds. The van der Waals surface area contributed by atoms with Crippen molar-refractivity contribution in [3.05, 3.63) is 0 Å². The van der Waals surface area contributed by atoms with Crippen molar-refractivity contribution in [2.45, 2.75) is 39.3 Å². The molecule has 0 aliphatic rings. The van der Waals surface area contributed by atoms with Gasteiger partial charge in [0.25, 0.3) is 0 Å². The van der Waals surface area contributed by atoms with Crippen LogP contribution in [0, 0.1) is 0 Å². The summed E-state index contributed by atoms with van der Waals surface area (Å²) in [6.45, 7) is 14.8. The van der Waals surface area contributed by atoms with E-state index in [0.717, 1.165) is 0 Å². The van der Waals surface area contributed by atoms with Gasteiger partial charge in [-0.15, -0.1) is 0 Å². The first-order valence-corrected chi connectivity index (χ1v) is 14.2. The van der Waals surface area contributed by atoms with Crippen molar-refractivity contribution in [2.75, 3.05) is 7.05 Å². The predicted octanol–water partition coefficient (Wildman–Crippen LogP) is 1.67. The van der Waals surface area contributed by atoms with Gasteiger partial charge in [-0.25, -0.2) is 0 Å². The molecule has 0 unspecified atom stereocenters. The van der Waals surface area contributed by atoms with Gasteiger partial charge in [0.1, 0.15) is 8.24 Å². The van der Waals surface area contributed by atoms with Crippen molar-refractivity contribution in [1.82, 2.24) is 4.23 Å². The summed E-state index contributed by atoms with van der Waals surface area (Å²) in [7, 11) is 0.777. The Kier molecular flexibility index (Phi) is 3.75. The van der Waals surface area contributed by atoms with Gasteiger partial charge in [-0.1, -0.05) is 39.3 Å². The molecule has 0 saturated heterocycles. The molecule has 68 valence electrons. The standard InChI is InChI=1S/C7H23NSi3/c1-8(10(2,3)4)9-11(5,6)7/h9H2,1-7H3. The third-order valence-corrected chi connectivity index (χ3v) is 14.1. The monoisotopic (exact) mass is 205 g/mol. The zero-order valence-electron chi connectivity index (χ0n) is 9.15. The van der Waals surface area contributed by atoms with Crippen LogP contribution < -0.4 is 0 Å². The van der Waals surface area contributed by atoms with Crippen molar-refractivity contribution in [3.63, 3.8) is 0 Å². The highest BCUT2D eigenvalue weighted by Gasteiger charge is 2.25. The van der Waals surface area contributed by atoms with Crippen molar-refractivity contribution in [1.29, 1.82) is 0 Å². The van der Waals surface area contributed by atoms with Crippen LogP contribution in [0.1, 0.15) is 0 Å². The van der Waals surface area contributed by atoms with Crippen LogP contribution >= 0.6 is 0 Å². The van der Waals surface area contributed by atoms with Gasteiger partial charge in [-0.05, 0) is 7.05 Å². The summed E-state index contributed by atoms with van der Waals surface area (Å²) in [5.41, 5.74) is 0. The van der Waals surface area contributed by atoms with Crippen molar-refractivity contribution >= 4 is 25.0 Å². The minimum absolute atomic E-state index is 0.104. The summed E-state index contributed by atoms with van der Waals surface area (Å²) < 4.78 is 2.74. The average Bonchev–Trinajstić information content (AvgIpc) is 1.56. The molecule has 0 atom stereocenters. The fourth-order valence-corrected chi connectivity index (χ4v) is 17.1. The Balaban J connectivity index is 3.99. The Bertz CT molecular complexity index is 123. The van der Waals surface area contributed by atoms with Crippen molar-refractivity contribution in [3.8, 4) is 0 Å². The summed E-state index contributed by atoms with van der Waals surface area (Å²) in [5, 5.41) is 0. The predicted molar refractivity (Wildman–Crippen MR) is 63.0 cm³/mol. The average molecular weight is 206 g/mol. The molecule has 1 nitrogen and oxygen atoms in total. The van der Waals surface area contributed by atoms with Crippen LogP contribution in [0.15, 0.2) is 0 Å². The van der Waals surface area contributed by atoms with Gasteiger partial charge in [0.2, 0.25) is 0 Å². The molecule has 0 aromatic carbocycles. The lowest BCUT2D eigenvalue weighted by atomic mass is 11.6. The van der Waals surface area contributed by atoms with Gasteiger partial charge in [0.05, 0.1) is 9.20 Å². The second-order valence-corrected chi connectivity index (χ2v) is 25.0. The SMILES string of the molecule is CN([SiH2][Si](C)(C)C)[Si](C)(C)C. The summed E-state index contributed by atoms with van der Waals surface area (Å²) in [6.07, 6.45) is 0. The second-order valence-electron chi connectivity index (χ2n) is 5.59. The Morgan fingerprint density at radius 3 is 1.36 bits per heavy atom. The maximum Gasteiger partial charge on any atom is 0.111 e. The minimum atomic E-state index is -0.941. The van der Waals surface area contributed by atoms with Crippen LogP contribution in [0.5, 0.6) is 0 Å². The highest BCUT2D eigenvalue weighted by Crippen LogP contribution is 2.08. The van der Waals surface area contributed by atoms with Crippen LogP contribution in [0.3, 0.4) is 0 Å². The van der Waals surface area contributed by atoms with E-state index in [1.165, 1.54) is 0 Å². The highest BCUT2D eigenvalue weighted by molar-refractivity contribution is 7.23. The molecule has 0 aromatic rings. The molecule has 11 heavy (non-hydrogen) atoms. The molecule has 0 aliphatic carbocycles. The molecule has 0 N–H and O–H groups in total. The van der Waals surface area contributed by atoms with E-state index >= 15 is 0 Å². The van der Waals surface area contributed by atoms with Gasteiger partial charge in [-0.2, -0.15) is 0 Å². The third kappa shape index (κ3) is 5.84. The van der Waals surface area contributed by atoms with Crippen LogP contribution in [-0.2, 0) is 0 Å². The first kappa shape index (κ1) is 11.6. The van der Waals surface area contributed by atoms with E-state index in [0.29, 0.717) is 0 Å².